The van der Waals surface area contributed by atoms with E-state index in [0.29, 0.717) is 35.0 Å². The summed E-state index contributed by atoms with van der Waals surface area (Å²) in [5, 5.41) is 5.60. The molecule has 1 aliphatic rings. The van der Waals surface area contributed by atoms with Crippen LogP contribution in [0.25, 0.3) is 0 Å². The number of benzene rings is 2. The summed E-state index contributed by atoms with van der Waals surface area (Å²) >= 11 is 0. The van der Waals surface area contributed by atoms with Crippen LogP contribution >= 0.6 is 0 Å². The van der Waals surface area contributed by atoms with Crippen LogP contribution in [-0.2, 0) is 4.79 Å². The predicted molar refractivity (Wildman–Crippen MR) is 95.3 cm³/mol. The fraction of sp³-hybridized carbons (Fsp3) is 0.263. The first-order valence-electron chi connectivity index (χ1n) is 8.16. The van der Waals surface area contributed by atoms with E-state index in [9.17, 15) is 9.59 Å². The highest BCUT2D eigenvalue weighted by Gasteiger charge is 2.17. The lowest BCUT2D eigenvalue weighted by Crippen LogP contribution is -2.15. The Labute approximate surface area is 146 Å². The fourth-order valence-electron chi connectivity index (χ4n) is 2.48. The Balaban J connectivity index is 1.82. The topological polar surface area (TPSA) is 76.7 Å². The third kappa shape index (κ3) is 4.09. The van der Waals surface area contributed by atoms with Crippen molar-refractivity contribution >= 4 is 23.2 Å². The number of hydrogen-bond acceptors (Lipinski definition) is 4. The van der Waals surface area contributed by atoms with Crippen LogP contribution in [-0.4, -0.2) is 24.5 Å². The van der Waals surface area contributed by atoms with Gasteiger partial charge in [-0.3, -0.25) is 9.59 Å². The van der Waals surface area contributed by atoms with Crippen molar-refractivity contribution < 1.29 is 19.1 Å². The second kappa shape index (κ2) is 7.25. The Bertz CT molecular complexity index is 802. The lowest BCUT2D eigenvalue weighted by atomic mass is 10.1. The van der Waals surface area contributed by atoms with Crippen molar-refractivity contribution in [2.45, 2.75) is 26.4 Å². The van der Waals surface area contributed by atoms with Gasteiger partial charge in [-0.1, -0.05) is 12.1 Å². The van der Waals surface area contributed by atoms with Gasteiger partial charge < -0.3 is 20.1 Å². The van der Waals surface area contributed by atoms with Crippen LogP contribution in [0.3, 0.4) is 0 Å². The molecule has 0 atom stereocenters. The molecule has 2 amide bonds. The molecule has 0 saturated carbocycles. The molecule has 0 radical (unpaired) electrons. The molecule has 0 unspecified atom stereocenters. The van der Waals surface area contributed by atoms with Crippen LogP contribution < -0.4 is 20.1 Å². The zero-order valence-corrected chi connectivity index (χ0v) is 14.2. The molecule has 0 bridgehead atoms. The van der Waals surface area contributed by atoms with E-state index in [1.54, 1.807) is 30.3 Å². The first-order valence-corrected chi connectivity index (χ1v) is 8.16. The van der Waals surface area contributed by atoms with E-state index in [4.69, 9.17) is 9.47 Å². The van der Waals surface area contributed by atoms with E-state index in [2.05, 4.69) is 10.6 Å². The molecule has 0 aliphatic carbocycles. The first-order chi connectivity index (χ1) is 12.0. The van der Waals surface area contributed by atoms with Gasteiger partial charge in [0.1, 0.15) is 11.5 Å². The van der Waals surface area contributed by atoms with Crippen LogP contribution in [0.1, 0.15) is 30.6 Å². The number of carbonyl (C=O) groups is 2. The molecule has 0 spiro atoms. The molecule has 0 saturated heterocycles. The quantitative estimate of drug-likeness (QED) is 0.894. The van der Waals surface area contributed by atoms with Crippen molar-refractivity contribution in [2.75, 3.05) is 17.2 Å². The van der Waals surface area contributed by atoms with E-state index in [1.165, 1.54) is 0 Å². The summed E-state index contributed by atoms with van der Waals surface area (Å²) in [6, 6.07) is 12.2. The number of nitrogens with one attached hydrogen (secondary N) is 2. The molecular weight excluding hydrogens is 320 g/mol. The van der Waals surface area contributed by atoms with Crippen LogP contribution in [0.5, 0.6) is 11.5 Å². The SMILES string of the molecule is CC(C)Oc1ccccc1NC(=O)c1ccc2c(c1)NC(=O)CCO2. The molecule has 130 valence electrons. The highest BCUT2D eigenvalue weighted by atomic mass is 16.5. The van der Waals surface area contributed by atoms with Gasteiger partial charge in [-0.15, -0.1) is 0 Å². The zero-order valence-electron chi connectivity index (χ0n) is 14.2. The number of anilines is 2. The summed E-state index contributed by atoms with van der Waals surface area (Å²) in [6.45, 7) is 4.17. The average Bonchev–Trinajstić information content (AvgIpc) is 2.75. The molecule has 2 aromatic carbocycles. The first kappa shape index (κ1) is 16.8. The zero-order chi connectivity index (χ0) is 17.8. The second-order valence-electron chi connectivity index (χ2n) is 5.97. The maximum Gasteiger partial charge on any atom is 0.255 e. The van der Waals surface area contributed by atoms with Gasteiger partial charge in [0.2, 0.25) is 5.91 Å². The van der Waals surface area contributed by atoms with Crippen molar-refractivity contribution in [2.24, 2.45) is 0 Å². The Morgan fingerprint density at radius 2 is 2.04 bits per heavy atom. The van der Waals surface area contributed by atoms with Crippen molar-refractivity contribution in [1.82, 2.24) is 0 Å². The van der Waals surface area contributed by atoms with Crippen molar-refractivity contribution in [3.8, 4) is 11.5 Å². The normalized spacial score (nSPS) is 13.3. The smallest absolute Gasteiger partial charge is 0.255 e. The van der Waals surface area contributed by atoms with Gasteiger partial charge in [-0.2, -0.15) is 0 Å². The standard InChI is InChI=1S/C19H20N2O4/c1-12(2)25-17-6-4-3-5-14(17)21-19(23)13-7-8-16-15(11-13)20-18(22)9-10-24-16/h3-8,11-12H,9-10H2,1-2H3,(H,20,22)(H,21,23). The lowest BCUT2D eigenvalue weighted by Gasteiger charge is -2.15. The van der Waals surface area contributed by atoms with Gasteiger partial charge in [0.25, 0.3) is 5.91 Å². The monoisotopic (exact) mass is 340 g/mol. The molecule has 0 fully saturated rings. The van der Waals surface area contributed by atoms with Gasteiger partial charge >= 0.3 is 0 Å². The third-order valence-electron chi connectivity index (χ3n) is 3.60. The molecule has 3 rings (SSSR count). The second-order valence-corrected chi connectivity index (χ2v) is 5.97. The summed E-state index contributed by atoms with van der Waals surface area (Å²) in [6.07, 6.45) is 0.286. The molecule has 6 nitrogen and oxygen atoms in total. The number of para-hydroxylation sites is 2. The Morgan fingerprint density at radius 1 is 1.24 bits per heavy atom. The highest BCUT2D eigenvalue weighted by molar-refractivity contribution is 6.06. The van der Waals surface area contributed by atoms with Gasteiger partial charge in [-0.25, -0.2) is 0 Å². The van der Waals surface area contributed by atoms with E-state index in [0.717, 1.165) is 0 Å². The van der Waals surface area contributed by atoms with E-state index >= 15 is 0 Å². The average molecular weight is 340 g/mol. The molecule has 0 aromatic heterocycles. The van der Waals surface area contributed by atoms with Gasteiger partial charge in [-0.05, 0) is 44.2 Å². The van der Waals surface area contributed by atoms with Crippen molar-refractivity contribution in [3.63, 3.8) is 0 Å². The predicted octanol–water partition coefficient (Wildman–Crippen LogP) is 3.45. The Kier molecular flexibility index (Phi) is 4.88. The minimum Gasteiger partial charge on any atom is -0.491 e. The van der Waals surface area contributed by atoms with Crippen molar-refractivity contribution in [3.05, 3.63) is 48.0 Å². The number of amides is 2. The Morgan fingerprint density at radius 3 is 2.84 bits per heavy atom. The lowest BCUT2D eigenvalue weighted by molar-refractivity contribution is -0.116. The van der Waals surface area contributed by atoms with Crippen molar-refractivity contribution in [1.29, 1.82) is 0 Å². The molecule has 2 aromatic rings. The van der Waals surface area contributed by atoms with Gasteiger partial charge in [0.05, 0.1) is 30.5 Å². The summed E-state index contributed by atoms with van der Waals surface area (Å²) in [5.74, 6) is 0.747. The number of hydrogen-bond donors (Lipinski definition) is 2. The summed E-state index contributed by atoms with van der Waals surface area (Å²) < 4.78 is 11.2. The van der Waals surface area contributed by atoms with Gasteiger partial charge in [0.15, 0.2) is 0 Å². The summed E-state index contributed by atoms with van der Waals surface area (Å²) in [5.41, 5.74) is 1.52. The molecule has 6 heteroatoms. The number of rotatable bonds is 4. The number of ether oxygens (including phenoxy) is 2. The number of carbonyl (C=O) groups excluding carboxylic acids is 2. The summed E-state index contributed by atoms with van der Waals surface area (Å²) in [4.78, 5) is 24.2. The van der Waals surface area contributed by atoms with Gasteiger partial charge in [0, 0.05) is 5.56 Å². The minimum atomic E-state index is -0.291. The number of fused-ring (bicyclic) bond motifs is 1. The van der Waals surface area contributed by atoms with E-state index < -0.39 is 0 Å². The summed E-state index contributed by atoms with van der Waals surface area (Å²) in [7, 11) is 0. The third-order valence-corrected chi connectivity index (χ3v) is 3.60. The minimum absolute atomic E-state index is 0.00194. The van der Waals surface area contributed by atoms with E-state index in [1.807, 2.05) is 26.0 Å². The maximum absolute atomic E-state index is 12.6. The molecule has 1 heterocycles. The molecule has 25 heavy (non-hydrogen) atoms. The van der Waals surface area contributed by atoms with Crippen LogP contribution in [0.15, 0.2) is 42.5 Å². The molecule has 1 aliphatic heterocycles. The van der Waals surface area contributed by atoms with Crippen LogP contribution in [0, 0.1) is 0 Å². The largest absolute Gasteiger partial charge is 0.491 e. The van der Waals surface area contributed by atoms with Crippen LogP contribution in [0.4, 0.5) is 11.4 Å². The highest BCUT2D eigenvalue weighted by Crippen LogP contribution is 2.29. The van der Waals surface area contributed by atoms with E-state index in [-0.39, 0.29) is 24.3 Å². The fourth-order valence-corrected chi connectivity index (χ4v) is 2.48. The molecule has 2 N–H and O–H groups in total. The Hall–Kier alpha value is -3.02. The maximum atomic E-state index is 12.6. The molecular formula is C19H20N2O4. The van der Waals surface area contributed by atoms with Crippen LogP contribution in [0.2, 0.25) is 0 Å².